The number of benzene rings is 1. The zero-order valence-corrected chi connectivity index (χ0v) is 15.2. The predicted molar refractivity (Wildman–Crippen MR) is 101 cm³/mol. The number of anilines is 1. The standard InChI is InChI=1S/C20H26N4O2/c1-26-18-5-2-16(3-6-18)4-7-20(25)23-14-17-8-12-24(13-9-17)19-15-21-10-11-22-19/h2-3,5-6,10-11,15,17H,4,7-9,12-14H2,1H3,(H,23,25). The smallest absolute Gasteiger partial charge is 0.220 e. The second-order valence-electron chi connectivity index (χ2n) is 6.65. The maximum Gasteiger partial charge on any atom is 0.220 e. The average molecular weight is 354 g/mol. The average Bonchev–Trinajstić information content (AvgIpc) is 2.72. The fourth-order valence-corrected chi connectivity index (χ4v) is 3.22. The summed E-state index contributed by atoms with van der Waals surface area (Å²) in [4.78, 5) is 22.8. The fourth-order valence-electron chi connectivity index (χ4n) is 3.22. The minimum atomic E-state index is 0.122. The number of aryl methyl sites for hydroxylation is 1. The van der Waals surface area contributed by atoms with Gasteiger partial charge in [0.05, 0.1) is 13.3 Å². The monoisotopic (exact) mass is 354 g/mol. The molecule has 26 heavy (non-hydrogen) atoms. The van der Waals surface area contributed by atoms with Crippen LogP contribution in [0, 0.1) is 5.92 Å². The van der Waals surface area contributed by atoms with Crippen molar-refractivity contribution in [3.05, 3.63) is 48.4 Å². The van der Waals surface area contributed by atoms with Gasteiger partial charge >= 0.3 is 0 Å². The van der Waals surface area contributed by atoms with Gasteiger partial charge in [-0.3, -0.25) is 9.78 Å². The van der Waals surface area contributed by atoms with E-state index in [2.05, 4.69) is 20.2 Å². The molecule has 1 aromatic heterocycles. The van der Waals surface area contributed by atoms with Crippen molar-refractivity contribution in [1.29, 1.82) is 0 Å². The van der Waals surface area contributed by atoms with Crippen molar-refractivity contribution in [2.75, 3.05) is 31.6 Å². The van der Waals surface area contributed by atoms with Gasteiger partial charge in [0.2, 0.25) is 5.91 Å². The van der Waals surface area contributed by atoms with Crippen LogP contribution >= 0.6 is 0 Å². The molecule has 0 atom stereocenters. The quantitative estimate of drug-likeness (QED) is 0.827. The molecule has 0 unspecified atom stereocenters. The first-order chi connectivity index (χ1) is 12.7. The topological polar surface area (TPSA) is 67.3 Å². The third kappa shape index (κ3) is 5.18. The highest BCUT2D eigenvalue weighted by Gasteiger charge is 2.20. The van der Waals surface area contributed by atoms with Crippen molar-refractivity contribution in [2.45, 2.75) is 25.7 Å². The lowest BCUT2D eigenvalue weighted by Crippen LogP contribution is -2.39. The summed E-state index contributed by atoms with van der Waals surface area (Å²) >= 11 is 0. The highest BCUT2D eigenvalue weighted by atomic mass is 16.5. The first-order valence-corrected chi connectivity index (χ1v) is 9.15. The van der Waals surface area contributed by atoms with Crippen LogP contribution in [0.1, 0.15) is 24.8 Å². The summed E-state index contributed by atoms with van der Waals surface area (Å²) in [5, 5.41) is 3.09. The maximum absolute atomic E-state index is 12.1. The molecular formula is C20H26N4O2. The Morgan fingerprint density at radius 3 is 2.65 bits per heavy atom. The molecule has 0 saturated carbocycles. The van der Waals surface area contributed by atoms with Gasteiger partial charge in [-0.1, -0.05) is 12.1 Å². The SMILES string of the molecule is COc1ccc(CCC(=O)NCC2CCN(c3cnccn3)CC2)cc1. The van der Waals surface area contributed by atoms with Crippen LogP contribution in [0.3, 0.4) is 0 Å². The van der Waals surface area contributed by atoms with E-state index in [0.717, 1.165) is 56.0 Å². The van der Waals surface area contributed by atoms with E-state index >= 15 is 0 Å². The number of carbonyl (C=O) groups excluding carboxylic acids is 1. The number of methoxy groups -OCH3 is 1. The molecule has 1 saturated heterocycles. The number of nitrogens with one attached hydrogen (secondary N) is 1. The van der Waals surface area contributed by atoms with Crippen LogP contribution in [0.5, 0.6) is 5.75 Å². The number of nitrogens with zero attached hydrogens (tertiary/aromatic N) is 3. The maximum atomic E-state index is 12.1. The Kier molecular flexibility index (Phi) is 6.41. The molecule has 1 amide bonds. The summed E-state index contributed by atoms with van der Waals surface area (Å²) in [6.07, 6.45) is 8.62. The van der Waals surface area contributed by atoms with Gasteiger partial charge in [-0.25, -0.2) is 4.98 Å². The van der Waals surface area contributed by atoms with E-state index in [1.807, 2.05) is 24.3 Å². The molecule has 0 bridgehead atoms. The summed E-state index contributed by atoms with van der Waals surface area (Å²) < 4.78 is 5.15. The number of hydrogen-bond donors (Lipinski definition) is 1. The number of rotatable bonds is 7. The van der Waals surface area contributed by atoms with Crippen molar-refractivity contribution in [1.82, 2.24) is 15.3 Å². The third-order valence-electron chi connectivity index (χ3n) is 4.88. The number of hydrogen-bond acceptors (Lipinski definition) is 5. The third-order valence-corrected chi connectivity index (χ3v) is 4.88. The Labute approximate surface area is 154 Å². The van der Waals surface area contributed by atoms with E-state index in [-0.39, 0.29) is 5.91 Å². The van der Waals surface area contributed by atoms with Crippen LogP contribution in [-0.2, 0) is 11.2 Å². The summed E-state index contributed by atoms with van der Waals surface area (Å²) in [7, 11) is 1.65. The fraction of sp³-hybridized carbons (Fsp3) is 0.450. The lowest BCUT2D eigenvalue weighted by molar-refractivity contribution is -0.121. The van der Waals surface area contributed by atoms with Crippen molar-refractivity contribution < 1.29 is 9.53 Å². The lowest BCUT2D eigenvalue weighted by Gasteiger charge is -2.32. The van der Waals surface area contributed by atoms with Crippen molar-refractivity contribution in [3.63, 3.8) is 0 Å². The molecule has 6 nitrogen and oxygen atoms in total. The van der Waals surface area contributed by atoms with Crippen molar-refractivity contribution in [2.24, 2.45) is 5.92 Å². The van der Waals surface area contributed by atoms with Crippen LogP contribution in [0.4, 0.5) is 5.82 Å². The molecule has 2 aromatic rings. The first-order valence-electron chi connectivity index (χ1n) is 9.15. The number of ether oxygens (including phenoxy) is 1. The zero-order chi connectivity index (χ0) is 18.2. The first kappa shape index (κ1) is 18.2. The van der Waals surface area contributed by atoms with Gasteiger partial charge in [-0.2, -0.15) is 0 Å². The van der Waals surface area contributed by atoms with E-state index in [1.165, 1.54) is 0 Å². The van der Waals surface area contributed by atoms with Crippen molar-refractivity contribution in [3.8, 4) is 5.75 Å². The summed E-state index contributed by atoms with van der Waals surface area (Å²) in [6, 6.07) is 7.87. The predicted octanol–water partition coefficient (Wildman–Crippen LogP) is 2.45. The summed E-state index contributed by atoms with van der Waals surface area (Å²) in [5.74, 6) is 2.44. The largest absolute Gasteiger partial charge is 0.497 e. The van der Waals surface area contributed by atoms with Crippen LogP contribution in [0.15, 0.2) is 42.9 Å². The second-order valence-corrected chi connectivity index (χ2v) is 6.65. The van der Waals surface area contributed by atoms with E-state index in [1.54, 1.807) is 25.7 Å². The van der Waals surface area contributed by atoms with Gasteiger partial charge in [-0.05, 0) is 42.9 Å². The molecule has 138 valence electrons. The molecule has 6 heteroatoms. The summed E-state index contributed by atoms with van der Waals surface area (Å²) in [5.41, 5.74) is 1.15. The second kappa shape index (κ2) is 9.17. The highest BCUT2D eigenvalue weighted by molar-refractivity contribution is 5.76. The Balaban J connectivity index is 1.34. The Morgan fingerprint density at radius 1 is 1.23 bits per heavy atom. The van der Waals surface area contributed by atoms with Gasteiger partial charge in [0, 0.05) is 38.4 Å². The molecule has 1 aromatic carbocycles. The number of carbonyl (C=O) groups is 1. The molecule has 2 heterocycles. The van der Waals surface area contributed by atoms with E-state index in [4.69, 9.17) is 4.74 Å². The van der Waals surface area contributed by atoms with Crippen LogP contribution in [0.2, 0.25) is 0 Å². The number of aromatic nitrogens is 2. The van der Waals surface area contributed by atoms with Gasteiger partial charge in [-0.15, -0.1) is 0 Å². The molecular weight excluding hydrogens is 328 g/mol. The van der Waals surface area contributed by atoms with Crippen LogP contribution < -0.4 is 15.0 Å². The van der Waals surface area contributed by atoms with E-state index in [9.17, 15) is 4.79 Å². The molecule has 3 rings (SSSR count). The number of amides is 1. The molecule has 1 fully saturated rings. The Hall–Kier alpha value is -2.63. The van der Waals surface area contributed by atoms with E-state index in [0.29, 0.717) is 12.3 Å². The molecule has 1 aliphatic rings. The zero-order valence-electron chi connectivity index (χ0n) is 15.2. The van der Waals surface area contributed by atoms with Gasteiger partial charge in [0.1, 0.15) is 11.6 Å². The Bertz CT molecular complexity index is 683. The Morgan fingerprint density at radius 2 is 2.00 bits per heavy atom. The molecule has 1 N–H and O–H groups in total. The van der Waals surface area contributed by atoms with Crippen LogP contribution in [0.25, 0.3) is 0 Å². The minimum Gasteiger partial charge on any atom is -0.497 e. The van der Waals surface area contributed by atoms with Gasteiger partial charge in [0.15, 0.2) is 0 Å². The summed E-state index contributed by atoms with van der Waals surface area (Å²) in [6.45, 7) is 2.69. The highest BCUT2D eigenvalue weighted by Crippen LogP contribution is 2.20. The molecule has 0 spiro atoms. The molecule has 0 radical (unpaired) electrons. The van der Waals surface area contributed by atoms with Crippen molar-refractivity contribution >= 4 is 11.7 Å². The molecule has 0 aliphatic carbocycles. The normalized spacial score (nSPS) is 14.9. The van der Waals surface area contributed by atoms with Crippen LogP contribution in [-0.4, -0.2) is 42.6 Å². The van der Waals surface area contributed by atoms with Gasteiger partial charge in [0.25, 0.3) is 0 Å². The molecule has 1 aliphatic heterocycles. The van der Waals surface area contributed by atoms with E-state index < -0.39 is 0 Å². The lowest BCUT2D eigenvalue weighted by atomic mass is 9.96. The van der Waals surface area contributed by atoms with Gasteiger partial charge < -0.3 is 15.0 Å². The minimum absolute atomic E-state index is 0.122. The number of piperidine rings is 1.